The monoisotopic (exact) mass is 366 g/mol. The number of rotatable bonds is 3. The Morgan fingerprint density at radius 3 is 2.81 bits per heavy atom. The highest BCUT2D eigenvalue weighted by molar-refractivity contribution is 5.94. The summed E-state index contributed by atoms with van der Waals surface area (Å²) in [7, 11) is 0. The first-order valence-electron chi connectivity index (χ1n) is 8.81. The van der Waals surface area contributed by atoms with Gasteiger partial charge in [-0.3, -0.25) is 14.0 Å². The number of nitrogens with zero attached hydrogens (tertiary/aromatic N) is 3. The van der Waals surface area contributed by atoms with Gasteiger partial charge in [-0.05, 0) is 55.3 Å². The molecule has 1 amide bonds. The Balaban J connectivity index is 1.49. The summed E-state index contributed by atoms with van der Waals surface area (Å²) in [5.74, 6) is -0.698. The summed E-state index contributed by atoms with van der Waals surface area (Å²) >= 11 is 0. The minimum absolute atomic E-state index is 0.0246. The van der Waals surface area contributed by atoms with Gasteiger partial charge in [-0.15, -0.1) is 0 Å². The van der Waals surface area contributed by atoms with Gasteiger partial charge in [0.1, 0.15) is 17.0 Å². The van der Waals surface area contributed by atoms with Crippen LogP contribution in [0.25, 0.3) is 5.65 Å². The molecule has 1 aromatic carbocycles. The highest BCUT2D eigenvalue weighted by Crippen LogP contribution is 2.20. The quantitative estimate of drug-likeness (QED) is 0.771. The lowest BCUT2D eigenvalue weighted by Crippen LogP contribution is -2.40. The Labute approximate surface area is 155 Å². The molecule has 3 heterocycles. The predicted octanol–water partition coefficient (Wildman–Crippen LogP) is 2.15. The van der Waals surface area contributed by atoms with Crippen LogP contribution in [0.3, 0.4) is 0 Å². The van der Waals surface area contributed by atoms with Crippen molar-refractivity contribution >= 4 is 17.2 Å². The summed E-state index contributed by atoms with van der Waals surface area (Å²) in [6, 6.07) is 9.80. The van der Waals surface area contributed by atoms with Crippen LogP contribution < -0.4 is 15.8 Å². The number of amides is 1. The Morgan fingerprint density at radius 2 is 2.04 bits per heavy atom. The second kappa shape index (κ2) is 6.83. The van der Waals surface area contributed by atoms with Crippen molar-refractivity contribution in [1.29, 1.82) is 0 Å². The van der Waals surface area contributed by atoms with E-state index in [0.29, 0.717) is 12.2 Å². The van der Waals surface area contributed by atoms with Crippen LogP contribution in [0.4, 0.5) is 10.1 Å². The van der Waals surface area contributed by atoms with Crippen molar-refractivity contribution in [2.45, 2.75) is 19.4 Å². The third-order valence-corrected chi connectivity index (χ3v) is 4.83. The van der Waals surface area contributed by atoms with Gasteiger partial charge in [-0.25, -0.2) is 9.37 Å². The molecule has 27 heavy (non-hydrogen) atoms. The van der Waals surface area contributed by atoms with Crippen LogP contribution in [-0.4, -0.2) is 34.4 Å². The highest BCUT2D eigenvalue weighted by Gasteiger charge is 2.25. The normalized spacial score (nSPS) is 16.7. The molecule has 1 fully saturated rings. The molecule has 1 unspecified atom stereocenters. The van der Waals surface area contributed by atoms with E-state index >= 15 is 0 Å². The van der Waals surface area contributed by atoms with Crippen LogP contribution in [0.15, 0.2) is 53.6 Å². The van der Waals surface area contributed by atoms with Crippen molar-refractivity contribution < 1.29 is 9.18 Å². The summed E-state index contributed by atoms with van der Waals surface area (Å²) in [5.41, 5.74) is 2.06. The van der Waals surface area contributed by atoms with Crippen LogP contribution in [-0.2, 0) is 0 Å². The first-order chi connectivity index (χ1) is 13.0. The fraction of sp³-hybridized carbons (Fsp3) is 0.250. The third kappa shape index (κ3) is 3.40. The molecule has 2 aromatic heterocycles. The van der Waals surface area contributed by atoms with Gasteiger partial charge in [0.25, 0.3) is 11.5 Å². The summed E-state index contributed by atoms with van der Waals surface area (Å²) in [6.07, 6.45) is 3.71. The molecule has 0 aliphatic carbocycles. The van der Waals surface area contributed by atoms with Gasteiger partial charge in [-0.1, -0.05) is 0 Å². The van der Waals surface area contributed by atoms with Crippen molar-refractivity contribution in [3.63, 3.8) is 0 Å². The minimum Gasteiger partial charge on any atom is -0.369 e. The van der Waals surface area contributed by atoms with Crippen LogP contribution >= 0.6 is 0 Å². The summed E-state index contributed by atoms with van der Waals surface area (Å²) in [5, 5.41) is 2.92. The van der Waals surface area contributed by atoms with Gasteiger partial charge < -0.3 is 10.2 Å². The number of aryl methyl sites for hydroxylation is 1. The number of carbonyl (C=O) groups is 1. The Bertz CT molecular complexity index is 1060. The van der Waals surface area contributed by atoms with Gasteiger partial charge in [0.2, 0.25) is 0 Å². The molecule has 138 valence electrons. The zero-order valence-electron chi connectivity index (χ0n) is 14.9. The maximum atomic E-state index is 13.1. The Morgan fingerprint density at radius 1 is 1.26 bits per heavy atom. The van der Waals surface area contributed by atoms with E-state index in [1.54, 1.807) is 30.5 Å². The number of fused-ring (bicyclic) bond motifs is 1. The van der Waals surface area contributed by atoms with Crippen molar-refractivity contribution in [1.82, 2.24) is 14.7 Å². The van der Waals surface area contributed by atoms with Gasteiger partial charge in [0, 0.05) is 37.2 Å². The van der Waals surface area contributed by atoms with Gasteiger partial charge in [-0.2, -0.15) is 0 Å². The lowest BCUT2D eigenvalue weighted by Gasteiger charge is -2.19. The smallest absolute Gasteiger partial charge is 0.270 e. The number of halogens is 1. The van der Waals surface area contributed by atoms with E-state index in [-0.39, 0.29) is 23.0 Å². The van der Waals surface area contributed by atoms with Gasteiger partial charge in [0.05, 0.1) is 0 Å². The lowest BCUT2D eigenvalue weighted by molar-refractivity contribution is 0.0938. The van der Waals surface area contributed by atoms with E-state index in [9.17, 15) is 14.0 Å². The van der Waals surface area contributed by atoms with Crippen molar-refractivity contribution in [2.75, 3.05) is 18.0 Å². The zero-order chi connectivity index (χ0) is 19.0. The first-order valence-corrected chi connectivity index (χ1v) is 8.81. The van der Waals surface area contributed by atoms with E-state index in [2.05, 4.69) is 15.2 Å². The molecular weight excluding hydrogens is 347 g/mol. The molecule has 4 rings (SSSR count). The van der Waals surface area contributed by atoms with Gasteiger partial charge >= 0.3 is 0 Å². The number of aromatic nitrogens is 2. The average Bonchev–Trinajstić information content (AvgIpc) is 3.10. The maximum Gasteiger partial charge on any atom is 0.270 e. The number of pyridine rings is 1. The molecule has 0 saturated carbocycles. The average molecular weight is 366 g/mol. The van der Waals surface area contributed by atoms with Crippen molar-refractivity contribution in [3.8, 4) is 0 Å². The molecule has 0 bridgehead atoms. The highest BCUT2D eigenvalue weighted by atomic mass is 19.1. The number of nitrogens with one attached hydrogen (secondary N) is 1. The van der Waals surface area contributed by atoms with E-state index in [1.807, 2.05) is 6.92 Å². The minimum atomic E-state index is -0.423. The summed E-state index contributed by atoms with van der Waals surface area (Å²) in [6.45, 7) is 3.28. The van der Waals surface area contributed by atoms with Crippen molar-refractivity contribution in [2.24, 2.45) is 0 Å². The van der Waals surface area contributed by atoms with E-state index < -0.39 is 5.91 Å². The number of anilines is 1. The van der Waals surface area contributed by atoms with Crippen LogP contribution in [0.2, 0.25) is 0 Å². The SMILES string of the molecule is Cc1ccn2c(=O)c(C(=O)NC3CCN(c4ccc(F)cc4)C3)cnc2c1. The van der Waals surface area contributed by atoms with Crippen LogP contribution in [0, 0.1) is 12.7 Å². The number of hydrogen-bond donors (Lipinski definition) is 1. The molecule has 1 aliphatic rings. The molecule has 7 heteroatoms. The number of hydrogen-bond acceptors (Lipinski definition) is 4. The molecule has 6 nitrogen and oxygen atoms in total. The molecule has 1 saturated heterocycles. The molecule has 1 aliphatic heterocycles. The summed E-state index contributed by atoms with van der Waals surface area (Å²) in [4.78, 5) is 31.5. The second-order valence-corrected chi connectivity index (χ2v) is 6.79. The molecule has 3 aromatic rings. The second-order valence-electron chi connectivity index (χ2n) is 6.79. The fourth-order valence-electron chi connectivity index (χ4n) is 3.36. The van der Waals surface area contributed by atoms with E-state index in [4.69, 9.17) is 0 Å². The fourth-order valence-corrected chi connectivity index (χ4v) is 3.36. The topological polar surface area (TPSA) is 66.7 Å². The van der Waals surface area contributed by atoms with E-state index in [1.165, 1.54) is 22.7 Å². The maximum absolute atomic E-state index is 13.1. The molecule has 1 N–H and O–H groups in total. The molecule has 0 radical (unpaired) electrons. The standard InChI is InChI=1S/C20H19FN4O2/c1-13-6-9-25-18(10-13)22-11-17(20(25)27)19(26)23-15-7-8-24(12-15)16-4-2-14(21)3-5-16/h2-6,9-11,15H,7-8,12H2,1H3,(H,23,26). The lowest BCUT2D eigenvalue weighted by atomic mass is 10.2. The number of carbonyl (C=O) groups excluding carboxylic acids is 1. The van der Waals surface area contributed by atoms with Crippen LogP contribution in [0.5, 0.6) is 0 Å². The molecule has 1 atom stereocenters. The predicted molar refractivity (Wildman–Crippen MR) is 101 cm³/mol. The van der Waals surface area contributed by atoms with Gasteiger partial charge in [0.15, 0.2) is 0 Å². The largest absolute Gasteiger partial charge is 0.369 e. The Kier molecular flexibility index (Phi) is 4.35. The Hall–Kier alpha value is -3.22. The zero-order valence-corrected chi connectivity index (χ0v) is 14.9. The number of benzene rings is 1. The van der Waals surface area contributed by atoms with Crippen molar-refractivity contribution in [3.05, 3.63) is 76.1 Å². The molecule has 0 spiro atoms. The van der Waals surface area contributed by atoms with Crippen LogP contribution in [0.1, 0.15) is 22.3 Å². The van der Waals surface area contributed by atoms with E-state index in [0.717, 1.165) is 24.2 Å². The summed E-state index contributed by atoms with van der Waals surface area (Å²) < 4.78 is 14.4. The third-order valence-electron chi connectivity index (χ3n) is 4.83. The first kappa shape index (κ1) is 17.2. The molecular formula is C20H19FN4O2.